The average molecular weight is 254 g/mol. The van der Waals surface area contributed by atoms with Gasteiger partial charge < -0.3 is 0 Å². The largest absolute Gasteiger partial charge is 0.161 e. The summed E-state index contributed by atoms with van der Waals surface area (Å²) in [5.41, 5.74) is 1.15. The molecule has 0 aliphatic carbocycles. The van der Waals surface area contributed by atoms with Gasteiger partial charge in [0.2, 0.25) is 0 Å². The van der Waals surface area contributed by atoms with Gasteiger partial charge in [0.1, 0.15) is 7.28 Å². The van der Waals surface area contributed by atoms with Gasteiger partial charge in [-0.15, -0.1) is 0 Å². The molecule has 1 heterocycles. The van der Waals surface area contributed by atoms with Crippen molar-refractivity contribution in [2.24, 2.45) is 10.8 Å². The third-order valence-electron chi connectivity index (χ3n) is 4.43. The van der Waals surface area contributed by atoms with Gasteiger partial charge in [0.25, 0.3) is 0 Å². The third kappa shape index (κ3) is 6.22. The summed E-state index contributed by atoms with van der Waals surface area (Å²) in [5, 5.41) is 0. The van der Waals surface area contributed by atoms with Crippen molar-refractivity contribution in [3.8, 4) is 0 Å². The fraction of sp³-hybridized carbons (Fsp3) is 1.00. The normalized spacial score (nSPS) is 32.0. The molecule has 0 radical (unpaired) electrons. The van der Waals surface area contributed by atoms with Gasteiger partial charge in [-0.25, -0.2) is 0 Å². The van der Waals surface area contributed by atoms with Crippen LogP contribution in [-0.2, 0) is 0 Å². The molecule has 0 spiro atoms. The second-order valence-electron chi connectivity index (χ2n) is 7.09. The van der Waals surface area contributed by atoms with E-state index in [1.165, 1.54) is 63.5 Å². The van der Waals surface area contributed by atoms with Crippen molar-refractivity contribution < 1.29 is 0 Å². The molecule has 0 saturated carbocycles. The number of thioether (sulfide) groups is 1. The summed E-state index contributed by atoms with van der Waals surface area (Å²) < 4.78 is 0. The molecular formula is C15H31BS. The third-order valence-corrected chi connectivity index (χ3v) is 6.32. The Labute approximate surface area is 114 Å². The van der Waals surface area contributed by atoms with Crippen LogP contribution in [-0.4, -0.2) is 18.8 Å². The second-order valence-corrected chi connectivity index (χ2v) is 8.07. The van der Waals surface area contributed by atoms with Crippen LogP contribution in [0.1, 0.15) is 59.8 Å². The molecule has 1 aliphatic heterocycles. The molecule has 0 aromatic heterocycles. The van der Waals surface area contributed by atoms with Gasteiger partial charge in [-0.1, -0.05) is 53.2 Å². The molecule has 1 fully saturated rings. The van der Waals surface area contributed by atoms with E-state index in [4.69, 9.17) is 0 Å². The Morgan fingerprint density at radius 3 is 2.29 bits per heavy atom. The van der Waals surface area contributed by atoms with Crippen molar-refractivity contribution in [3.05, 3.63) is 0 Å². The molecule has 0 aromatic carbocycles. The van der Waals surface area contributed by atoms with Crippen molar-refractivity contribution >= 4 is 19.0 Å². The number of hydrogen-bond acceptors (Lipinski definition) is 1. The lowest BCUT2D eigenvalue weighted by Gasteiger charge is -2.31. The maximum atomic E-state index is 2.50. The van der Waals surface area contributed by atoms with Gasteiger partial charge in [-0.3, -0.25) is 0 Å². The Morgan fingerprint density at radius 2 is 1.65 bits per heavy atom. The molecule has 0 bridgehead atoms. The average Bonchev–Trinajstić information content (AvgIpc) is 2.26. The molecule has 100 valence electrons. The minimum absolute atomic E-state index is 0.554. The minimum Gasteiger partial charge on any atom is -0.161 e. The molecular weight excluding hydrogens is 223 g/mol. The number of hydrogen-bond donors (Lipinski definition) is 0. The Bertz CT molecular complexity index is 215. The maximum Gasteiger partial charge on any atom is 0.120 e. The fourth-order valence-corrected chi connectivity index (χ4v) is 4.32. The summed E-state index contributed by atoms with van der Waals surface area (Å²) in [6.07, 6.45) is 10.0. The Hall–Kier alpha value is 0.415. The quantitative estimate of drug-likeness (QED) is 0.593. The van der Waals surface area contributed by atoms with Crippen molar-refractivity contribution in [3.63, 3.8) is 0 Å². The molecule has 1 aliphatic rings. The van der Waals surface area contributed by atoms with Crippen LogP contribution in [0.25, 0.3) is 0 Å². The smallest absolute Gasteiger partial charge is 0.120 e. The van der Waals surface area contributed by atoms with E-state index in [2.05, 4.69) is 39.5 Å². The predicted octanol–water partition coefficient (Wildman–Crippen LogP) is 5.01. The summed E-state index contributed by atoms with van der Waals surface area (Å²) in [6.45, 7) is 9.78. The van der Waals surface area contributed by atoms with Crippen LogP contribution < -0.4 is 0 Å². The SMILES string of the molecule is CCC1(C)CCCBCCCC(C)(C)CSC1. The van der Waals surface area contributed by atoms with Crippen molar-refractivity contribution in [1.82, 2.24) is 0 Å². The van der Waals surface area contributed by atoms with E-state index >= 15 is 0 Å². The Morgan fingerprint density at radius 1 is 1.00 bits per heavy atom. The van der Waals surface area contributed by atoms with E-state index < -0.39 is 0 Å². The van der Waals surface area contributed by atoms with Gasteiger partial charge in [0.15, 0.2) is 0 Å². The molecule has 0 nitrogen and oxygen atoms in total. The molecule has 0 amide bonds. The van der Waals surface area contributed by atoms with Gasteiger partial charge in [0.05, 0.1) is 0 Å². The van der Waals surface area contributed by atoms with Gasteiger partial charge in [-0.2, -0.15) is 11.8 Å². The molecule has 1 atom stereocenters. The summed E-state index contributed by atoms with van der Waals surface area (Å²) in [4.78, 5) is 0. The van der Waals surface area contributed by atoms with Gasteiger partial charge >= 0.3 is 0 Å². The first-order valence-corrected chi connectivity index (χ1v) is 8.71. The van der Waals surface area contributed by atoms with Crippen LogP contribution in [0.5, 0.6) is 0 Å². The standard InChI is InChI=1S/C15H31BS/c1-5-15(4)9-7-11-16-10-6-8-14(2,3)12-17-13-15/h16H,5-13H2,1-4H3. The van der Waals surface area contributed by atoms with Crippen molar-refractivity contribution in [2.75, 3.05) is 11.5 Å². The Kier molecular flexibility index (Phi) is 6.48. The van der Waals surface area contributed by atoms with Gasteiger partial charge in [0, 0.05) is 0 Å². The predicted molar refractivity (Wildman–Crippen MR) is 84.7 cm³/mol. The van der Waals surface area contributed by atoms with Crippen LogP contribution in [0.2, 0.25) is 12.6 Å². The van der Waals surface area contributed by atoms with Gasteiger partial charge in [-0.05, 0) is 41.6 Å². The lowest BCUT2D eigenvalue weighted by atomic mass is 9.66. The molecule has 0 aromatic rings. The second kappa shape index (κ2) is 7.11. The summed E-state index contributed by atoms with van der Waals surface area (Å²) in [7, 11) is 1.46. The van der Waals surface area contributed by atoms with E-state index in [0.29, 0.717) is 10.8 Å². The zero-order chi connectivity index (χ0) is 12.8. The molecule has 0 N–H and O–H groups in total. The van der Waals surface area contributed by atoms with E-state index in [9.17, 15) is 0 Å². The highest BCUT2D eigenvalue weighted by Crippen LogP contribution is 2.36. The molecule has 1 saturated heterocycles. The lowest BCUT2D eigenvalue weighted by Crippen LogP contribution is -2.22. The van der Waals surface area contributed by atoms with E-state index in [1.807, 2.05) is 0 Å². The molecule has 17 heavy (non-hydrogen) atoms. The summed E-state index contributed by atoms with van der Waals surface area (Å²) in [6, 6.07) is 0. The zero-order valence-corrected chi connectivity index (χ0v) is 13.3. The van der Waals surface area contributed by atoms with Crippen LogP contribution in [0, 0.1) is 10.8 Å². The van der Waals surface area contributed by atoms with E-state index in [1.54, 1.807) is 0 Å². The van der Waals surface area contributed by atoms with Crippen LogP contribution in [0.15, 0.2) is 0 Å². The highest BCUT2D eigenvalue weighted by atomic mass is 32.2. The van der Waals surface area contributed by atoms with Crippen molar-refractivity contribution in [1.29, 1.82) is 0 Å². The summed E-state index contributed by atoms with van der Waals surface area (Å²) in [5.74, 6) is 2.72. The zero-order valence-electron chi connectivity index (χ0n) is 12.5. The van der Waals surface area contributed by atoms with Crippen LogP contribution >= 0.6 is 11.8 Å². The van der Waals surface area contributed by atoms with E-state index in [-0.39, 0.29) is 0 Å². The highest BCUT2D eigenvalue weighted by molar-refractivity contribution is 7.99. The highest BCUT2D eigenvalue weighted by Gasteiger charge is 2.24. The topological polar surface area (TPSA) is 0 Å². The molecule has 1 rings (SSSR count). The maximum absolute atomic E-state index is 2.50. The van der Waals surface area contributed by atoms with E-state index in [0.717, 1.165) is 0 Å². The fourth-order valence-electron chi connectivity index (χ4n) is 2.68. The monoisotopic (exact) mass is 254 g/mol. The first-order chi connectivity index (χ1) is 7.97. The number of rotatable bonds is 1. The summed E-state index contributed by atoms with van der Waals surface area (Å²) >= 11 is 2.21. The first-order valence-electron chi connectivity index (χ1n) is 7.55. The Balaban J connectivity index is 2.50. The molecule has 1 unspecified atom stereocenters. The first kappa shape index (κ1) is 15.5. The van der Waals surface area contributed by atoms with Crippen molar-refractivity contribution in [2.45, 2.75) is 72.4 Å². The minimum atomic E-state index is 0.554. The van der Waals surface area contributed by atoms with Crippen LogP contribution in [0.3, 0.4) is 0 Å². The lowest BCUT2D eigenvalue weighted by molar-refractivity contribution is 0.324. The molecule has 2 heteroatoms. The van der Waals surface area contributed by atoms with Crippen LogP contribution in [0.4, 0.5) is 0 Å².